The molecular formula is C23H28FN3O2S. The van der Waals surface area contributed by atoms with E-state index >= 15 is 0 Å². The number of ether oxygens (including phenoxy) is 1. The lowest BCUT2D eigenvalue weighted by Crippen LogP contribution is -2.43. The van der Waals surface area contributed by atoms with Gasteiger partial charge in [0.05, 0.1) is 19.2 Å². The second kappa shape index (κ2) is 9.71. The molecule has 2 atom stereocenters. The lowest BCUT2D eigenvalue weighted by atomic mass is 10.0. The predicted molar refractivity (Wildman–Crippen MR) is 118 cm³/mol. The Kier molecular flexibility index (Phi) is 6.79. The minimum atomic E-state index is -0.210. The number of amides is 2. The Morgan fingerprint density at radius 1 is 1.23 bits per heavy atom. The zero-order chi connectivity index (χ0) is 20.9. The maximum absolute atomic E-state index is 14.1. The van der Waals surface area contributed by atoms with Gasteiger partial charge in [0.1, 0.15) is 11.6 Å². The molecule has 4 rings (SSSR count). The number of carbonyl (C=O) groups excluding carboxylic acids is 1. The van der Waals surface area contributed by atoms with Crippen molar-refractivity contribution in [3.8, 4) is 5.75 Å². The Balaban J connectivity index is 1.41. The highest BCUT2D eigenvalue weighted by Crippen LogP contribution is 2.37. The monoisotopic (exact) mass is 429 g/mol. The van der Waals surface area contributed by atoms with Crippen molar-refractivity contribution in [3.63, 3.8) is 0 Å². The van der Waals surface area contributed by atoms with Crippen molar-refractivity contribution in [1.29, 1.82) is 0 Å². The summed E-state index contributed by atoms with van der Waals surface area (Å²) in [4.78, 5) is 15.8. The normalized spacial score (nSPS) is 19.7. The topological polar surface area (TPSA) is 53.6 Å². The van der Waals surface area contributed by atoms with Gasteiger partial charge >= 0.3 is 6.03 Å². The summed E-state index contributed by atoms with van der Waals surface area (Å²) in [7, 11) is 1.66. The SMILES string of the molecule is COc1ccc([C@H](CNC(=O)N[C@@H]2CCSc3c(F)cccc32)N2CCCC2)cc1. The summed E-state index contributed by atoms with van der Waals surface area (Å²) in [6, 6.07) is 12.9. The molecule has 2 aliphatic heterocycles. The van der Waals surface area contributed by atoms with E-state index in [4.69, 9.17) is 4.74 Å². The van der Waals surface area contributed by atoms with Crippen LogP contribution in [-0.4, -0.2) is 43.4 Å². The number of urea groups is 1. The number of benzene rings is 2. The number of rotatable bonds is 6. The van der Waals surface area contributed by atoms with Gasteiger partial charge < -0.3 is 15.4 Å². The van der Waals surface area contributed by atoms with Crippen molar-refractivity contribution in [1.82, 2.24) is 15.5 Å². The summed E-state index contributed by atoms with van der Waals surface area (Å²) >= 11 is 1.52. The van der Waals surface area contributed by atoms with Crippen LogP contribution >= 0.6 is 11.8 Å². The molecular weight excluding hydrogens is 401 g/mol. The molecule has 2 aliphatic rings. The van der Waals surface area contributed by atoms with Crippen LogP contribution in [0.2, 0.25) is 0 Å². The molecule has 1 saturated heterocycles. The molecule has 2 heterocycles. The highest BCUT2D eigenvalue weighted by molar-refractivity contribution is 7.99. The maximum Gasteiger partial charge on any atom is 0.315 e. The first-order valence-corrected chi connectivity index (χ1v) is 11.5. The number of fused-ring (bicyclic) bond motifs is 1. The Morgan fingerprint density at radius 2 is 2.00 bits per heavy atom. The van der Waals surface area contributed by atoms with E-state index in [-0.39, 0.29) is 23.9 Å². The van der Waals surface area contributed by atoms with Crippen molar-refractivity contribution in [2.24, 2.45) is 0 Å². The number of halogens is 1. The fraction of sp³-hybridized carbons (Fsp3) is 0.435. The first-order valence-electron chi connectivity index (χ1n) is 10.5. The largest absolute Gasteiger partial charge is 0.497 e. The summed E-state index contributed by atoms with van der Waals surface area (Å²) in [5.41, 5.74) is 2.03. The molecule has 2 N–H and O–H groups in total. The van der Waals surface area contributed by atoms with Crippen molar-refractivity contribution < 1.29 is 13.9 Å². The first-order chi connectivity index (χ1) is 14.7. The molecule has 30 heavy (non-hydrogen) atoms. The lowest BCUT2D eigenvalue weighted by molar-refractivity contribution is 0.218. The Morgan fingerprint density at radius 3 is 2.73 bits per heavy atom. The van der Waals surface area contributed by atoms with E-state index in [0.29, 0.717) is 11.4 Å². The molecule has 2 aromatic carbocycles. The van der Waals surface area contributed by atoms with Crippen LogP contribution < -0.4 is 15.4 Å². The lowest BCUT2D eigenvalue weighted by Gasteiger charge is -2.30. The molecule has 0 bridgehead atoms. The maximum atomic E-state index is 14.1. The van der Waals surface area contributed by atoms with E-state index in [1.165, 1.54) is 36.2 Å². The number of nitrogens with zero attached hydrogens (tertiary/aromatic N) is 1. The van der Waals surface area contributed by atoms with Gasteiger partial charge in [-0.15, -0.1) is 11.8 Å². The van der Waals surface area contributed by atoms with Crippen LogP contribution in [0.5, 0.6) is 5.75 Å². The van der Waals surface area contributed by atoms with Crippen LogP contribution in [0.1, 0.15) is 42.5 Å². The molecule has 5 nitrogen and oxygen atoms in total. The third-order valence-electron chi connectivity index (χ3n) is 5.87. The highest BCUT2D eigenvalue weighted by Gasteiger charge is 2.26. The molecule has 160 valence electrons. The van der Waals surface area contributed by atoms with E-state index in [1.807, 2.05) is 18.2 Å². The average molecular weight is 430 g/mol. The summed E-state index contributed by atoms with van der Waals surface area (Å²) in [6.45, 7) is 2.59. The van der Waals surface area contributed by atoms with E-state index in [1.54, 1.807) is 13.2 Å². The quantitative estimate of drug-likeness (QED) is 0.710. The van der Waals surface area contributed by atoms with Crippen molar-refractivity contribution in [2.45, 2.75) is 36.2 Å². The van der Waals surface area contributed by atoms with E-state index in [9.17, 15) is 9.18 Å². The van der Waals surface area contributed by atoms with Crippen molar-refractivity contribution >= 4 is 17.8 Å². The molecule has 2 amide bonds. The molecule has 0 spiro atoms. The fourth-order valence-corrected chi connectivity index (χ4v) is 5.41. The number of carbonyl (C=O) groups is 1. The van der Waals surface area contributed by atoms with Crippen LogP contribution in [0.4, 0.5) is 9.18 Å². The molecule has 2 aromatic rings. The van der Waals surface area contributed by atoms with E-state index in [0.717, 1.165) is 36.6 Å². The van der Waals surface area contributed by atoms with Crippen molar-refractivity contribution in [3.05, 3.63) is 59.4 Å². The van der Waals surface area contributed by atoms with Gasteiger partial charge in [-0.1, -0.05) is 24.3 Å². The summed E-state index contributed by atoms with van der Waals surface area (Å²) in [6.07, 6.45) is 3.16. The Labute approximate surface area is 181 Å². The molecule has 7 heteroatoms. The number of nitrogens with one attached hydrogen (secondary N) is 2. The smallest absolute Gasteiger partial charge is 0.315 e. The van der Waals surface area contributed by atoms with E-state index < -0.39 is 0 Å². The van der Waals surface area contributed by atoms with Gasteiger partial charge in [0.25, 0.3) is 0 Å². The van der Waals surface area contributed by atoms with Gasteiger partial charge in [-0.25, -0.2) is 9.18 Å². The van der Waals surface area contributed by atoms with Gasteiger partial charge in [0, 0.05) is 17.2 Å². The molecule has 0 radical (unpaired) electrons. The van der Waals surface area contributed by atoms with Crippen LogP contribution in [0.15, 0.2) is 47.4 Å². The van der Waals surface area contributed by atoms with Gasteiger partial charge in [-0.2, -0.15) is 0 Å². The van der Waals surface area contributed by atoms with Gasteiger partial charge in [-0.05, 0) is 61.7 Å². The van der Waals surface area contributed by atoms with Crippen LogP contribution in [0.3, 0.4) is 0 Å². The first kappa shape index (κ1) is 21.0. The third kappa shape index (κ3) is 4.73. The third-order valence-corrected chi connectivity index (χ3v) is 7.03. The average Bonchev–Trinajstić information content (AvgIpc) is 3.30. The Hall–Kier alpha value is -2.25. The number of hydrogen-bond acceptors (Lipinski definition) is 4. The minimum absolute atomic E-state index is 0.121. The zero-order valence-electron chi connectivity index (χ0n) is 17.2. The molecule has 0 aliphatic carbocycles. The molecule has 0 aromatic heterocycles. The molecule has 1 fully saturated rings. The minimum Gasteiger partial charge on any atom is -0.497 e. The summed E-state index contributed by atoms with van der Waals surface area (Å²) in [5, 5.41) is 6.11. The fourth-order valence-electron chi connectivity index (χ4n) is 4.27. The van der Waals surface area contributed by atoms with Gasteiger partial charge in [-0.3, -0.25) is 4.90 Å². The molecule has 0 saturated carbocycles. The summed E-state index contributed by atoms with van der Waals surface area (Å²) < 4.78 is 19.4. The number of methoxy groups -OCH3 is 1. The second-order valence-electron chi connectivity index (χ2n) is 7.73. The Bertz CT molecular complexity index is 871. The van der Waals surface area contributed by atoms with Crippen LogP contribution in [0, 0.1) is 5.82 Å². The zero-order valence-corrected chi connectivity index (χ0v) is 18.0. The number of thioether (sulfide) groups is 1. The predicted octanol–water partition coefficient (Wildman–Crippen LogP) is 4.51. The van der Waals surface area contributed by atoms with Crippen molar-refractivity contribution in [2.75, 3.05) is 32.5 Å². The summed E-state index contributed by atoms with van der Waals surface area (Å²) in [5.74, 6) is 1.41. The van der Waals surface area contributed by atoms with Gasteiger partial charge in [0.15, 0.2) is 0 Å². The van der Waals surface area contributed by atoms with Crippen LogP contribution in [0.25, 0.3) is 0 Å². The number of hydrogen-bond donors (Lipinski definition) is 2. The van der Waals surface area contributed by atoms with E-state index in [2.05, 4.69) is 27.7 Å². The highest BCUT2D eigenvalue weighted by atomic mass is 32.2. The standard InChI is InChI=1S/C23H28FN3O2S/c1-29-17-9-7-16(8-10-17)21(27-12-2-3-13-27)15-25-23(28)26-20-11-14-30-22-18(20)5-4-6-19(22)24/h4-10,20-21H,2-3,11-15H2,1H3,(H2,25,26,28)/t20-,21+/m1/s1. The van der Waals surface area contributed by atoms with Crippen LogP contribution in [-0.2, 0) is 0 Å². The van der Waals surface area contributed by atoms with Gasteiger partial charge in [0.2, 0.25) is 0 Å². The second-order valence-corrected chi connectivity index (χ2v) is 8.84. The number of likely N-dealkylation sites (tertiary alicyclic amines) is 1. The molecule has 0 unspecified atom stereocenters.